The number of fused-ring (bicyclic) bond motifs is 1. The molecule has 1 heterocycles. The molecular weight excluding hydrogens is 467 g/mol. The fourth-order valence-electron chi connectivity index (χ4n) is 4.41. The Morgan fingerprint density at radius 2 is 1.82 bits per heavy atom. The van der Waals surface area contributed by atoms with E-state index in [2.05, 4.69) is 12.2 Å². The lowest BCUT2D eigenvalue weighted by Gasteiger charge is -2.25. The van der Waals surface area contributed by atoms with Crippen LogP contribution in [0.2, 0.25) is 10.0 Å². The number of carbonyl (C=O) groups excluding carboxylic acids is 4. The molecule has 7 nitrogen and oxygen atoms in total. The lowest BCUT2D eigenvalue weighted by Crippen LogP contribution is -2.31. The van der Waals surface area contributed by atoms with E-state index in [1.54, 1.807) is 18.2 Å². The number of carbonyl (C=O) groups is 4. The van der Waals surface area contributed by atoms with Gasteiger partial charge in [-0.1, -0.05) is 36.2 Å². The smallest absolute Gasteiger partial charge is 0.338 e. The van der Waals surface area contributed by atoms with Crippen LogP contribution in [0, 0.1) is 17.8 Å². The molecule has 0 unspecified atom stereocenters. The minimum atomic E-state index is -0.755. The van der Waals surface area contributed by atoms with E-state index >= 15 is 0 Å². The van der Waals surface area contributed by atoms with Gasteiger partial charge in [0.15, 0.2) is 6.61 Å². The van der Waals surface area contributed by atoms with Crippen LogP contribution in [-0.2, 0) is 19.1 Å². The molecule has 1 aliphatic carbocycles. The molecule has 33 heavy (non-hydrogen) atoms. The first-order valence-electron chi connectivity index (χ1n) is 10.6. The van der Waals surface area contributed by atoms with Gasteiger partial charge in [0.05, 0.1) is 33.8 Å². The van der Waals surface area contributed by atoms with Gasteiger partial charge in [-0.25, -0.2) is 4.79 Å². The zero-order valence-corrected chi connectivity index (χ0v) is 19.4. The summed E-state index contributed by atoms with van der Waals surface area (Å²) in [5.74, 6) is -2.00. The monoisotopic (exact) mass is 488 g/mol. The topological polar surface area (TPSA) is 92.8 Å². The molecular formula is C24H22Cl2N2O5. The van der Waals surface area contributed by atoms with Crippen LogP contribution >= 0.6 is 23.2 Å². The third-order valence-electron chi connectivity index (χ3n) is 6.06. The van der Waals surface area contributed by atoms with Crippen molar-refractivity contribution in [1.29, 1.82) is 0 Å². The van der Waals surface area contributed by atoms with Crippen LogP contribution in [0.15, 0.2) is 42.5 Å². The summed E-state index contributed by atoms with van der Waals surface area (Å²) in [5.41, 5.74) is 0.760. The highest BCUT2D eigenvalue weighted by Gasteiger charge is 2.50. The summed E-state index contributed by atoms with van der Waals surface area (Å²) in [4.78, 5) is 51.7. The van der Waals surface area contributed by atoms with Gasteiger partial charge < -0.3 is 10.1 Å². The van der Waals surface area contributed by atoms with Gasteiger partial charge in [0, 0.05) is 5.02 Å². The van der Waals surface area contributed by atoms with Crippen molar-refractivity contribution in [1.82, 2.24) is 0 Å². The van der Waals surface area contributed by atoms with Crippen molar-refractivity contribution < 1.29 is 23.9 Å². The van der Waals surface area contributed by atoms with E-state index in [-0.39, 0.29) is 29.2 Å². The molecule has 172 valence electrons. The second-order valence-corrected chi connectivity index (χ2v) is 9.29. The summed E-state index contributed by atoms with van der Waals surface area (Å²) >= 11 is 11.9. The van der Waals surface area contributed by atoms with E-state index in [1.807, 2.05) is 0 Å². The molecule has 4 rings (SSSR count). The number of anilines is 2. The van der Waals surface area contributed by atoms with Crippen LogP contribution in [0.5, 0.6) is 0 Å². The zero-order chi connectivity index (χ0) is 23.7. The molecule has 0 radical (unpaired) electrons. The van der Waals surface area contributed by atoms with Gasteiger partial charge in [-0.15, -0.1) is 0 Å². The second kappa shape index (κ2) is 9.53. The van der Waals surface area contributed by atoms with Gasteiger partial charge >= 0.3 is 5.97 Å². The first-order valence-corrected chi connectivity index (χ1v) is 11.4. The molecule has 0 aromatic heterocycles. The Morgan fingerprint density at radius 3 is 2.61 bits per heavy atom. The molecule has 1 saturated heterocycles. The fourth-order valence-corrected chi connectivity index (χ4v) is 4.75. The summed E-state index contributed by atoms with van der Waals surface area (Å²) < 4.78 is 5.10. The molecule has 2 aromatic carbocycles. The Balaban J connectivity index is 1.42. The van der Waals surface area contributed by atoms with E-state index < -0.39 is 18.5 Å². The zero-order valence-electron chi connectivity index (χ0n) is 17.8. The molecule has 1 saturated carbocycles. The predicted molar refractivity (Wildman–Crippen MR) is 124 cm³/mol. The molecule has 2 fully saturated rings. The summed E-state index contributed by atoms with van der Waals surface area (Å²) in [6.45, 7) is 1.54. The molecule has 3 atom stereocenters. The van der Waals surface area contributed by atoms with Crippen LogP contribution in [0.25, 0.3) is 0 Å². The largest absolute Gasteiger partial charge is 0.452 e. The fraction of sp³-hybridized carbons (Fsp3) is 0.333. The van der Waals surface area contributed by atoms with E-state index in [0.717, 1.165) is 6.42 Å². The van der Waals surface area contributed by atoms with Gasteiger partial charge in [0.1, 0.15) is 0 Å². The van der Waals surface area contributed by atoms with Gasteiger partial charge in [-0.2, -0.15) is 0 Å². The van der Waals surface area contributed by atoms with Crippen molar-refractivity contribution >= 4 is 58.3 Å². The summed E-state index contributed by atoms with van der Waals surface area (Å²) in [6, 6.07) is 10.7. The van der Waals surface area contributed by atoms with E-state index in [9.17, 15) is 19.2 Å². The molecule has 3 amide bonds. The van der Waals surface area contributed by atoms with Crippen LogP contribution in [0.4, 0.5) is 11.4 Å². The number of rotatable bonds is 5. The van der Waals surface area contributed by atoms with Crippen molar-refractivity contribution in [2.75, 3.05) is 16.8 Å². The maximum Gasteiger partial charge on any atom is 0.338 e. The number of nitrogens with one attached hydrogen (secondary N) is 1. The van der Waals surface area contributed by atoms with Gasteiger partial charge in [-0.05, 0) is 61.6 Å². The van der Waals surface area contributed by atoms with E-state index in [0.29, 0.717) is 40.2 Å². The second-order valence-electron chi connectivity index (χ2n) is 8.44. The first kappa shape index (κ1) is 23.3. The number of halogens is 2. The number of amides is 3. The highest BCUT2D eigenvalue weighted by Crippen LogP contribution is 2.42. The number of hydrogen-bond donors (Lipinski definition) is 1. The number of nitrogens with zero attached hydrogens (tertiary/aromatic N) is 1. The molecule has 0 bridgehead atoms. The maximum absolute atomic E-state index is 12.9. The Labute approximate surface area is 201 Å². The van der Waals surface area contributed by atoms with Gasteiger partial charge in [-0.3, -0.25) is 19.3 Å². The third-order valence-corrected chi connectivity index (χ3v) is 6.63. The Kier molecular flexibility index (Phi) is 6.72. The Hall–Kier alpha value is -2.90. The Bertz CT molecular complexity index is 1140. The van der Waals surface area contributed by atoms with Crippen molar-refractivity contribution in [2.24, 2.45) is 17.8 Å². The lowest BCUT2D eigenvalue weighted by molar-refractivity contribution is -0.122. The van der Waals surface area contributed by atoms with Crippen LogP contribution in [0.1, 0.15) is 36.5 Å². The highest BCUT2D eigenvalue weighted by molar-refractivity contribution is 6.35. The molecule has 1 N–H and O–H groups in total. The number of imide groups is 1. The van der Waals surface area contributed by atoms with Crippen LogP contribution < -0.4 is 10.2 Å². The number of benzene rings is 2. The van der Waals surface area contributed by atoms with Crippen LogP contribution in [0.3, 0.4) is 0 Å². The van der Waals surface area contributed by atoms with Crippen molar-refractivity contribution in [2.45, 2.75) is 26.2 Å². The van der Waals surface area contributed by atoms with Crippen molar-refractivity contribution in [3.63, 3.8) is 0 Å². The normalized spacial score (nSPS) is 22.2. The minimum Gasteiger partial charge on any atom is -0.452 e. The lowest BCUT2D eigenvalue weighted by atomic mass is 9.76. The first-order chi connectivity index (χ1) is 15.7. The highest BCUT2D eigenvalue weighted by atomic mass is 35.5. The molecule has 0 spiro atoms. The molecule has 1 aliphatic heterocycles. The summed E-state index contributed by atoms with van der Waals surface area (Å²) in [6.07, 6.45) is 2.31. The standard InChI is InChI=1S/C24H22Cl2N2O5/c1-13-5-7-17-18(9-13)23(31)28(22(17)30)16-4-2-3-14(10-16)24(32)33-12-21(29)27-20-11-15(25)6-8-19(20)26/h2-4,6,8,10-11,13,17-18H,5,7,9,12H2,1H3,(H,27,29)/t13-,17-,18-/m1/s1. The molecule has 9 heteroatoms. The quantitative estimate of drug-likeness (QED) is 0.485. The van der Waals surface area contributed by atoms with Crippen molar-refractivity contribution in [3.8, 4) is 0 Å². The predicted octanol–water partition coefficient (Wildman–Crippen LogP) is 4.71. The molecule has 2 aliphatic rings. The van der Waals surface area contributed by atoms with E-state index in [4.69, 9.17) is 27.9 Å². The number of esters is 1. The van der Waals surface area contributed by atoms with Crippen LogP contribution in [-0.4, -0.2) is 30.3 Å². The number of ether oxygens (including phenoxy) is 1. The number of hydrogen-bond acceptors (Lipinski definition) is 5. The van der Waals surface area contributed by atoms with Gasteiger partial charge in [0.25, 0.3) is 5.91 Å². The molecule has 2 aromatic rings. The maximum atomic E-state index is 12.9. The minimum absolute atomic E-state index is 0.130. The SMILES string of the molecule is C[C@@H]1CC[C@H]2C(=O)N(c3cccc(C(=O)OCC(=O)Nc4cc(Cl)ccc4Cl)c3)C(=O)[C@@H]2C1. The third kappa shape index (κ3) is 4.89. The summed E-state index contributed by atoms with van der Waals surface area (Å²) in [7, 11) is 0. The average Bonchev–Trinajstić information content (AvgIpc) is 3.04. The van der Waals surface area contributed by atoms with E-state index in [1.165, 1.54) is 29.2 Å². The average molecular weight is 489 g/mol. The summed E-state index contributed by atoms with van der Waals surface area (Å²) in [5, 5.41) is 3.21. The van der Waals surface area contributed by atoms with Gasteiger partial charge in [0.2, 0.25) is 11.8 Å². The van der Waals surface area contributed by atoms with Crippen molar-refractivity contribution in [3.05, 3.63) is 58.1 Å². The Morgan fingerprint density at radius 1 is 1.06 bits per heavy atom.